The molecule has 1 fully saturated rings. The van der Waals surface area contributed by atoms with Crippen molar-refractivity contribution < 1.29 is 17.9 Å². The number of phenols is 1. The highest BCUT2D eigenvalue weighted by Crippen LogP contribution is 2.36. The van der Waals surface area contributed by atoms with Crippen molar-refractivity contribution in [2.45, 2.75) is 49.6 Å². The van der Waals surface area contributed by atoms with Gasteiger partial charge in [-0.1, -0.05) is 6.07 Å². The number of halogens is 1. The number of aromatic hydroxyl groups is 1. The van der Waals surface area contributed by atoms with Crippen LogP contribution in [0.15, 0.2) is 41.4 Å². The molecule has 8 heteroatoms. The summed E-state index contributed by atoms with van der Waals surface area (Å²) in [4.78, 5) is 4.48. The van der Waals surface area contributed by atoms with E-state index in [1.165, 1.54) is 18.5 Å². The summed E-state index contributed by atoms with van der Waals surface area (Å²) >= 11 is 0. The maximum absolute atomic E-state index is 14.1. The lowest BCUT2D eigenvalue weighted by atomic mass is 9.91. The molecular formula is C23H26FN3O3S. The highest BCUT2D eigenvalue weighted by atomic mass is 32.2. The van der Waals surface area contributed by atoms with Crippen LogP contribution in [0.2, 0.25) is 0 Å². The molecule has 4 N–H and O–H groups in total. The van der Waals surface area contributed by atoms with E-state index >= 15 is 0 Å². The van der Waals surface area contributed by atoms with Gasteiger partial charge in [0.25, 0.3) is 0 Å². The SMILES string of the molecule is Cc1cc(-c2ccc3ncc(S(C)(=O)=O)c(NC4CCC(N)CC4)c3c2)cc(F)c1O. The Morgan fingerprint density at radius 2 is 1.84 bits per heavy atom. The van der Waals surface area contributed by atoms with Gasteiger partial charge in [0.15, 0.2) is 21.4 Å². The van der Waals surface area contributed by atoms with E-state index in [1.807, 2.05) is 12.1 Å². The van der Waals surface area contributed by atoms with Crippen LogP contribution in [0, 0.1) is 12.7 Å². The third kappa shape index (κ3) is 4.36. The van der Waals surface area contributed by atoms with Gasteiger partial charge in [-0.25, -0.2) is 12.8 Å². The number of nitrogens with zero attached hydrogens (tertiary/aromatic N) is 1. The van der Waals surface area contributed by atoms with E-state index in [1.54, 1.807) is 19.1 Å². The first-order chi connectivity index (χ1) is 14.6. The zero-order valence-corrected chi connectivity index (χ0v) is 18.3. The maximum Gasteiger partial charge on any atom is 0.179 e. The highest BCUT2D eigenvalue weighted by Gasteiger charge is 2.23. The molecule has 0 aliphatic heterocycles. The number of phenolic OH excluding ortho intramolecular Hbond substituents is 1. The second-order valence-electron chi connectivity index (χ2n) is 8.38. The van der Waals surface area contributed by atoms with Gasteiger partial charge >= 0.3 is 0 Å². The lowest BCUT2D eigenvalue weighted by Crippen LogP contribution is -2.33. The first kappa shape index (κ1) is 21.5. The molecule has 1 aliphatic carbocycles. The molecule has 0 radical (unpaired) electrons. The molecule has 1 heterocycles. The Hall–Kier alpha value is -2.71. The second-order valence-corrected chi connectivity index (χ2v) is 10.4. The fourth-order valence-corrected chi connectivity index (χ4v) is 4.94. The van der Waals surface area contributed by atoms with Crippen LogP contribution in [-0.2, 0) is 9.84 Å². The minimum Gasteiger partial charge on any atom is -0.505 e. The molecule has 2 aromatic carbocycles. The summed E-state index contributed by atoms with van der Waals surface area (Å²) in [7, 11) is -3.53. The van der Waals surface area contributed by atoms with Crippen molar-refractivity contribution in [2.75, 3.05) is 11.6 Å². The average molecular weight is 444 g/mol. The number of aromatic nitrogens is 1. The third-order valence-electron chi connectivity index (χ3n) is 5.94. The Bertz CT molecular complexity index is 1230. The van der Waals surface area contributed by atoms with Gasteiger partial charge in [-0.15, -0.1) is 0 Å². The standard InChI is InChI=1S/C23H26FN3O3S/c1-13-9-15(11-19(24)23(13)28)14-3-8-20-18(10-14)22(21(12-26-20)31(2,29)30)27-17-6-4-16(25)5-7-17/h3,8-12,16-17,28H,4-7,25H2,1-2H3,(H,26,27). The van der Waals surface area contributed by atoms with Gasteiger partial charge in [0.05, 0.1) is 11.2 Å². The molecule has 1 aliphatic rings. The van der Waals surface area contributed by atoms with Crippen molar-refractivity contribution in [3.63, 3.8) is 0 Å². The van der Waals surface area contributed by atoms with Gasteiger partial charge in [-0.2, -0.15) is 0 Å². The average Bonchev–Trinajstić information content (AvgIpc) is 2.72. The number of pyridine rings is 1. The van der Waals surface area contributed by atoms with Crippen LogP contribution in [0.5, 0.6) is 5.75 Å². The number of hydrogen-bond acceptors (Lipinski definition) is 6. The number of hydrogen-bond donors (Lipinski definition) is 3. The van der Waals surface area contributed by atoms with Gasteiger partial charge in [0, 0.05) is 29.9 Å². The third-order valence-corrected chi connectivity index (χ3v) is 7.05. The highest BCUT2D eigenvalue weighted by molar-refractivity contribution is 7.90. The van der Waals surface area contributed by atoms with E-state index in [4.69, 9.17) is 5.73 Å². The number of nitrogens with two attached hydrogens (primary N) is 1. The largest absolute Gasteiger partial charge is 0.505 e. The molecule has 1 saturated carbocycles. The zero-order valence-electron chi connectivity index (χ0n) is 17.5. The van der Waals surface area contributed by atoms with Gasteiger partial charge in [0.1, 0.15) is 4.90 Å². The predicted octanol–water partition coefficient (Wildman–Crippen LogP) is 4.14. The monoisotopic (exact) mass is 443 g/mol. The van der Waals surface area contributed by atoms with E-state index in [2.05, 4.69) is 10.3 Å². The summed E-state index contributed by atoms with van der Waals surface area (Å²) in [6.07, 6.45) is 6.03. The van der Waals surface area contributed by atoms with Crippen LogP contribution < -0.4 is 11.1 Å². The van der Waals surface area contributed by atoms with E-state index in [0.717, 1.165) is 25.7 Å². The summed E-state index contributed by atoms with van der Waals surface area (Å²) in [6.45, 7) is 1.63. The fraction of sp³-hybridized carbons (Fsp3) is 0.348. The van der Waals surface area contributed by atoms with Crippen LogP contribution in [0.3, 0.4) is 0 Å². The molecule has 0 unspecified atom stereocenters. The molecule has 0 saturated heterocycles. The lowest BCUT2D eigenvalue weighted by Gasteiger charge is -2.28. The van der Waals surface area contributed by atoms with E-state index in [0.29, 0.717) is 33.3 Å². The maximum atomic E-state index is 14.1. The summed E-state index contributed by atoms with van der Waals surface area (Å²) in [5.41, 5.74) is 8.90. The van der Waals surface area contributed by atoms with Gasteiger partial charge in [-0.05, 0) is 73.6 Å². The van der Waals surface area contributed by atoms with E-state index < -0.39 is 15.7 Å². The number of sulfone groups is 1. The number of benzene rings is 2. The van der Waals surface area contributed by atoms with Crippen LogP contribution in [0.4, 0.5) is 10.1 Å². The Labute approximate surface area is 181 Å². The summed E-state index contributed by atoms with van der Waals surface area (Å²) in [5, 5.41) is 13.8. The minimum atomic E-state index is -3.53. The van der Waals surface area contributed by atoms with Gasteiger partial charge in [-0.3, -0.25) is 4.98 Å². The number of anilines is 1. The van der Waals surface area contributed by atoms with Crippen LogP contribution in [-0.4, -0.2) is 36.8 Å². The summed E-state index contributed by atoms with van der Waals surface area (Å²) < 4.78 is 39.1. The Morgan fingerprint density at radius 3 is 2.48 bits per heavy atom. The summed E-state index contributed by atoms with van der Waals surface area (Å²) in [6, 6.07) is 8.68. The predicted molar refractivity (Wildman–Crippen MR) is 121 cm³/mol. The van der Waals surface area contributed by atoms with Crippen molar-refractivity contribution in [3.05, 3.63) is 47.9 Å². The Balaban J connectivity index is 1.87. The molecule has 3 aromatic rings. The molecule has 0 bridgehead atoms. The van der Waals surface area contributed by atoms with Crippen molar-refractivity contribution in [1.29, 1.82) is 0 Å². The van der Waals surface area contributed by atoms with Gasteiger partial charge in [0.2, 0.25) is 0 Å². The van der Waals surface area contributed by atoms with Crippen molar-refractivity contribution in [3.8, 4) is 16.9 Å². The Morgan fingerprint density at radius 1 is 1.13 bits per heavy atom. The van der Waals surface area contributed by atoms with Crippen molar-refractivity contribution >= 4 is 26.4 Å². The molecule has 31 heavy (non-hydrogen) atoms. The number of rotatable bonds is 4. The van der Waals surface area contributed by atoms with Crippen molar-refractivity contribution in [1.82, 2.24) is 4.98 Å². The first-order valence-corrected chi connectivity index (χ1v) is 12.2. The molecule has 1 aromatic heterocycles. The van der Waals surface area contributed by atoms with Crippen molar-refractivity contribution in [2.24, 2.45) is 5.73 Å². The first-order valence-electron chi connectivity index (χ1n) is 10.3. The smallest absolute Gasteiger partial charge is 0.179 e. The fourth-order valence-electron chi connectivity index (χ4n) is 4.15. The number of aryl methyl sites for hydroxylation is 1. The van der Waals surface area contributed by atoms with Gasteiger partial charge < -0.3 is 16.2 Å². The number of fused-ring (bicyclic) bond motifs is 1. The molecule has 6 nitrogen and oxygen atoms in total. The normalized spacial score (nSPS) is 19.5. The molecule has 4 rings (SSSR count). The lowest BCUT2D eigenvalue weighted by molar-refractivity contribution is 0.411. The molecule has 0 spiro atoms. The molecular weight excluding hydrogens is 417 g/mol. The van der Waals surface area contributed by atoms with Crippen LogP contribution in [0.25, 0.3) is 22.0 Å². The van der Waals surface area contributed by atoms with Crippen LogP contribution in [0.1, 0.15) is 31.2 Å². The zero-order chi connectivity index (χ0) is 22.3. The molecule has 0 atom stereocenters. The molecule has 0 amide bonds. The molecule has 164 valence electrons. The summed E-state index contributed by atoms with van der Waals surface area (Å²) in [5.74, 6) is -1.07. The van der Waals surface area contributed by atoms with E-state index in [-0.39, 0.29) is 22.7 Å². The minimum absolute atomic E-state index is 0.114. The second kappa shape index (κ2) is 8.09. The van der Waals surface area contributed by atoms with E-state index in [9.17, 15) is 17.9 Å². The topological polar surface area (TPSA) is 105 Å². The Kier molecular flexibility index (Phi) is 5.61. The van der Waals surface area contributed by atoms with Crippen LogP contribution >= 0.6 is 0 Å². The number of nitrogens with one attached hydrogen (secondary N) is 1. The quantitative estimate of drug-likeness (QED) is 0.560.